The molecule has 30 heavy (non-hydrogen) atoms. The van der Waals surface area contributed by atoms with Crippen LogP contribution in [0.4, 0.5) is 14.5 Å². The van der Waals surface area contributed by atoms with Gasteiger partial charge in [-0.05, 0) is 48.9 Å². The van der Waals surface area contributed by atoms with Crippen LogP contribution < -0.4 is 5.32 Å². The van der Waals surface area contributed by atoms with E-state index in [1.807, 2.05) is 18.2 Å². The van der Waals surface area contributed by atoms with E-state index in [0.29, 0.717) is 28.8 Å². The molecule has 0 aliphatic heterocycles. The lowest BCUT2D eigenvalue weighted by molar-refractivity contribution is -0.119. The minimum atomic E-state index is -0.778. The maximum Gasteiger partial charge on any atom is 0.339 e. The number of nitrogens with one attached hydrogen (secondary N) is 1. The fourth-order valence-electron chi connectivity index (χ4n) is 3.78. The van der Waals surface area contributed by atoms with Crippen LogP contribution in [0.2, 0.25) is 0 Å². The number of para-hydroxylation sites is 1. The lowest BCUT2D eigenvalue weighted by Gasteiger charge is -2.24. The molecule has 0 saturated heterocycles. The molecule has 4 rings (SSSR count). The van der Waals surface area contributed by atoms with Crippen molar-refractivity contribution < 1.29 is 23.1 Å². The van der Waals surface area contributed by atoms with E-state index < -0.39 is 30.1 Å². The number of fused-ring (bicyclic) bond motifs is 2. The Morgan fingerprint density at radius 2 is 2.00 bits per heavy atom. The first-order valence-electron chi connectivity index (χ1n) is 9.75. The lowest BCUT2D eigenvalue weighted by Crippen LogP contribution is -2.24. The van der Waals surface area contributed by atoms with Gasteiger partial charge >= 0.3 is 5.97 Å². The summed E-state index contributed by atoms with van der Waals surface area (Å²) in [5.41, 5.74) is 2.55. The predicted molar refractivity (Wildman–Crippen MR) is 108 cm³/mol. The van der Waals surface area contributed by atoms with E-state index in [2.05, 4.69) is 12.2 Å². The lowest BCUT2D eigenvalue weighted by atomic mass is 9.84. The summed E-state index contributed by atoms with van der Waals surface area (Å²) in [5, 5.41) is 2.89. The molecule has 0 bridgehead atoms. The SMILES string of the molecule is CC1CCc2nc3ccccc3c(C(=O)OCC(=O)Nc3cc(F)ccc3F)c2C1. The van der Waals surface area contributed by atoms with E-state index in [9.17, 15) is 18.4 Å². The Balaban J connectivity index is 1.57. The smallest absolute Gasteiger partial charge is 0.339 e. The van der Waals surface area contributed by atoms with Crippen molar-refractivity contribution in [1.29, 1.82) is 0 Å². The molecule has 7 heteroatoms. The molecule has 1 N–H and O–H groups in total. The molecule has 3 aromatic rings. The quantitative estimate of drug-likeness (QED) is 0.646. The van der Waals surface area contributed by atoms with Crippen LogP contribution in [0, 0.1) is 17.6 Å². The molecule has 1 aliphatic carbocycles. The molecule has 0 spiro atoms. The second-order valence-corrected chi connectivity index (χ2v) is 7.53. The van der Waals surface area contributed by atoms with Gasteiger partial charge in [0.1, 0.15) is 11.6 Å². The van der Waals surface area contributed by atoms with E-state index in [0.717, 1.165) is 42.3 Å². The molecule has 5 nitrogen and oxygen atoms in total. The second-order valence-electron chi connectivity index (χ2n) is 7.53. The van der Waals surface area contributed by atoms with Crippen LogP contribution in [-0.4, -0.2) is 23.5 Å². The number of hydrogen-bond acceptors (Lipinski definition) is 4. The summed E-state index contributed by atoms with van der Waals surface area (Å²) in [5.74, 6) is -2.44. The van der Waals surface area contributed by atoms with Gasteiger partial charge in [-0.3, -0.25) is 9.78 Å². The summed E-state index contributed by atoms with van der Waals surface area (Å²) in [6, 6.07) is 10.0. The van der Waals surface area contributed by atoms with Gasteiger partial charge in [0.2, 0.25) is 0 Å². The third-order valence-corrected chi connectivity index (χ3v) is 5.25. The Morgan fingerprint density at radius 3 is 2.83 bits per heavy atom. The highest BCUT2D eigenvalue weighted by molar-refractivity contribution is 6.06. The summed E-state index contributed by atoms with van der Waals surface area (Å²) in [6.07, 6.45) is 2.48. The van der Waals surface area contributed by atoms with Crippen molar-refractivity contribution in [3.63, 3.8) is 0 Å². The number of nitrogens with zero attached hydrogens (tertiary/aromatic N) is 1. The topological polar surface area (TPSA) is 68.3 Å². The van der Waals surface area contributed by atoms with E-state index in [-0.39, 0.29) is 5.69 Å². The number of carbonyl (C=O) groups is 2. The summed E-state index contributed by atoms with van der Waals surface area (Å²) in [4.78, 5) is 29.8. The van der Waals surface area contributed by atoms with Crippen LogP contribution in [0.5, 0.6) is 0 Å². The van der Waals surface area contributed by atoms with Gasteiger partial charge in [0.25, 0.3) is 5.91 Å². The number of carbonyl (C=O) groups excluding carboxylic acids is 2. The highest BCUT2D eigenvalue weighted by atomic mass is 19.1. The fraction of sp³-hybridized carbons (Fsp3) is 0.261. The first-order chi connectivity index (χ1) is 14.4. The number of pyridine rings is 1. The van der Waals surface area contributed by atoms with Gasteiger partial charge in [0, 0.05) is 17.1 Å². The third kappa shape index (κ3) is 4.01. The number of ether oxygens (including phenoxy) is 1. The highest BCUT2D eigenvalue weighted by Crippen LogP contribution is 2.32. The second kappa shape index (κ2) is 8.18. The Bertz CT molecular complexity index is 1150. The summed E-state index contributed by atoms with van der Waals surface area (Å²) in [7, 11) is 0. The van der Waals surface area contributed by atoms with E-state index in [1.165, 1.54) is 0 Å². The number of benzene rings is 2. The minimum absolute atomic E-state index is 0.309. The zero-order chi connectivity index (χ0) is 21.3. The molecule has 2 aromatic carbocycles. The van der Waals surface area contributed by atoms with Gasteiger partial charge in [0.15, 0.2) is 6.61 Å². The fourth-order valence-corrected chi connectivity index (χ4v) is 3.78. The molecule has 1 atom stereocenters. The van der Waals surface area contributed by atoms with Crippen LogP contribution in [0.3, 0.4) is 0 Å². The van der Waals surface area contributed by atoms with Crippen LogP contribution in [0.1, 0.15) is 35.0 Å². The number of aryl methyl sites for hydroxylation is 1. The summed E-state index contributed by atoms with van der Waals surface area (Å²) in [6.45, 7) is 1.50. The van der Waals surface area contributed by atoms with E-state index >= 15 is 0 Å². The average molecular weight is 410 g/mol. The first-order valence-corrected chi connectivity index (χ1v) is 9.75. The molecule has 154 valence electrons. The Labute approximate surface area is 172 Å². The number of amides is 1. The van der Waals surface area contributed by atoms with Gasteiger partial charge in [-0.2, -0.15) is 0 Å². The molecule has 1 unspecified atom stereocenters. The number of esters is 1. The van der Waals surface area contributed by atoms with E-state index in [1.54, 1.807) is 6.07 Å². The summed E-state index contributed by atoms with van der Waals surface area (Å²) < 4.78 is 32.2. The van der Waals surface area contributed by atoms with Crippen molar-refractivity contribution in [1.82, 2.24) is 4.98 Å². The third-order valence-electron chi connectivity index (χ3n) is 5.25. The van der Waals surface area contributed by atoms with Crippen molar-refractivity contribution in [2.24, 2.45) is 5.92 Å². The predicted octanol–water partition coefficient (Wildman–Crippen LogP) is 4.43. The van der Waals surface area contributed by atoms with Crippen molar-refractivity contribution in [3.8, 4) is 0 Å². The van der Waals surface area contributed by atoms with Crippen LogP contribution >= 0.6 is 0 Å². The molecule has 1 aromatic heterocycles. The normalized spacial score (nSPS) is 15.5. The first kappa shape index (κ1) is 19.9. The Kier molecular flexibility index (Phi) is 5.44. The number of hydrogen-bond donors (Lipinski definition) is 1. The number of halogens is 2. The van der Waals surface area contributed by atoms with Crippen molar-refractivity contribution in [2.45, 2.75) is 26.2 Å². The molecule has 1 heterocycles. The maximum absolute atomic E-state index is 13.7. The molecular formula is C23H20F2N2O3. The average Bonchev–Trinajstić information content (AvgIpc) is 2.73. The van der Waals surface area contributed by atoms with Gasteiger partial charge in [-0.15, -0.1) is 0 Å². The molecule has 0 saturated carbocycles. The van der Waals surface area contributed by atoms with Crippen molar-refractivity contribution in [3.05, 3.63) is 70.9 Å². The van der Waals surface area contributed by atoms with Crippen LogP contribution in [0.25, 0.3) is 10.9 Å². The van der Waals surface area contributed by atoms with Crippen molar-refractivity contribution >= 4 is 28.5 Å². The summed E-state index contributed by atoms with van der Waals surface area (Å²) >= 11 is 0. The maximum atomic E-state index is 13.7. The molecule has 0 fully saturated rings. The highest BCUT2D eigenvalue weighted by Gasteiger charge is 2.26. The monoisotopic (exact) mass is 410 g/mol. The number of aromatic nitrogens is 1. The molecule has 1 aliphatic rings. The van der Waals surface area contributed by atoms with Crippen LogP contribution in [0.15, 0.2) is 42.5 Å². The van der Waals surface area contributed by atoms with Gasteiger partial charge in [-0.25, -0.2) is 13.6 Å². The van der Waals surface area contributed by atoms with Gasteiger partial charge in [-0.1, -0.05) is 25.1 Å². The number of rotatable bonds is 4. The Hall–Kier alpha value is -3.35. The van der Waals surface area contributed by atoms with Gasteiger partial charge in [0.05, 0.1) is 16.8 Å². The zero-order valence-corrected chi connectivity index (χ0v) is 16.4. The minimum Gasteiger partial charge on any atom is -0.452 e. The van der Waals surface area contributed by atoms with Crippen LogP contribution in [-0.2, 0) is 22.4 Å². The molecular weight excluding hydrogens is 390 g/mol. The van der Waals surface area contributed by atoms with E-state index in [4.69, 9.17) is 9.72 Å². The largest absolute Gasteiger partial charge is 0.452 e. The molecule has 1 amide bonds. The Morgan fingerprint density at radius 1 is 1.20 bits per heavy atom. The zero-order valence-electron chi connectivity index (χ0n) is 16.4. The number of anilines is 1. The standard InChI is InChI=1S/C23H20F2N2O3/c1-13-6-9-19-16(10-13)22(15-4-2-3-5-18(15)26-19)23(29)30-12-21(28)27-20-11-14(24)7-8-17(20)25/h2-5,7-8,11,13H,6,9-10,12H2,1H3,(H,27,28). The molecule has 0 radical (unpaired) electrons. The van der Waals surface area contributed by atoms with Crippen molar-refractivity contribution in [2.75, 3.05) is 11.9 Å². The van der Waals surface area contributed by atoms with Gasteiger partial charge < -0.3 is 10.1 Å².